The molecular formula is C29H29N2OPS. The molecule has 2 aliphatic carbocycles. The zero-order valence-corrected chi connectivity index (χ0v) is 20.8. The van der Waals surface area contributed by atoms with E-state index in [1.165, 1.54) is 21.5 Å². The predicted molar refractivity (Wildman–Crippen MR) is 147 cm³/mol. The topological polar surface area (TPSA) is 44.3 Å². The van der Waals surface area contributed by atoms with Crippen molar-refractivity contribution in [2.24, 2.45) is 5.92 Å². The van der Waals surface area contributed by atoms with Gasteiger partial charge in [-0.15, -0.1) is 0 Å². The van der Waals surface area contributed by atoms with Crippen molar-refractivity contribution in [2.45, 2.75) is 31.5 Å². The lowest BCUT2D eigenvalue weighted by atomic mass is 10.0. The van der Waals surface area contributed by atoms with Crippen LogP contribution in [-0.4, -0.2) is 22.4 Å². The van der Waals surface area contributed by atoms with Gasteiger partial charge in [0.2, 0.25) is 0 Å². The van der Waals surface area contributed by atoms with Crippen molar-refractivity contribution in [3.8, 4) is 0 Å². The standard InChI is InChI=1S/C29H29N2OPS/c1-20(30-29(34)31-28-25-16-9-8-11-21(25)19-26(28)32)24-17-10-18-27(24)33(22-12-4-2-5-13-22)23-14-6-3-7-15-23/h2-18,20,24,26,28,32H,19H2,1H3,(H2,30,31,34)/t20-,24+,26+,28+/m1/s1. The number of rotatable bonds is 6. The number of fused-ring (bicyclic) bond motifs is 1. The van der Waals surface area contributed by atoms with Crippen LogP contribution in [-0.2, 0) is 6.42 Å². The fourth-order valence-corrected chi connectivity index (χ4v) is 7.95. The van der Waals surface area contributed by atoms with Gasteiger partial charge in [-0.1, -0.05) is 103 Å². The van der Waals surface area contributed by atoms with E-state index in [0.29, 0.717) is 11.5 Å². The number of thiocarbonyl (C=S) groups is 1. The molecule has 0 amide bonds. The van der Waals surface area contributed by atoms with Crippen molar-refractivity contribution in [1.82, 2.24) is 10.6 Å². The molecule has 3 nitrogen and oxygen atoms in total. The Bertz CT molecular complexity index is 1170. The maximum Gasteiger partial charge on any atom is 0.167 e. The predicted octanol–water partition coefficient (Wildman–Crippen LogP) is 4.70. The molecule has 0 heterocycles. The maximum atomic E-state index is 10.6. The van der Waals surface area contributed by atoms with Crippen LogP contribution in [0.3, 0.4) is 0 Å². The Hall–Kier alpha value is -2.78. The summed E-state index contributed by atoms with van der Waals surface area (Å²) >= 11 is 5.70. The van der Waals surface area contributed by atoms with Crippen molar-refractivity contribution in [1.29, 1.82) is 0 Å². The third kappa shape index (κ3) is 4.72. The van der Waals surface area contributed by atoms with Crippen LogP contribution < -0.4 is 21.2 Å². The van der Waals surface area contributed by atoms with E-state index in [0.717, 1.165) is 5.56 Å². The summed E-state index contributed by atoms with van der Waals surface area (Å²) in [6.45, 7) is 2.19. The summed E-state index contributed by atoms with van der Waals surface area (Å²) in [5.74, 6) is 0.229. The molecule has 0 saturated heterocycles. The summed E-state index contributed by atoms with van der Waals surface area (Å²) in [6.07, 6.45) is 6.91. The quantitative estimate of drug-likeness (QED) is 0.351. The Kier molecular flexibility index (Phi) is 6.92. The van der Waals surface area contributed by atoms with Crippen LogP contribution in [0.4, 0.5) is 0 Å². The molecule has 0 spiro atoms. The molecule has 5 rings (SSSR count). The van der Waals surface area contributed by atoms with Gasteiger partial charge in [-0.25, -0.2) is 0 Å². The Balaban J connectivity index is 1.33. The molecule has 172 valence electrons. The first-order chi connectivity index (χ1) is 16.6. The summed E-state index contributed by atoms with van der Waals surface area (Å²) in [5, 5.41) is 22.2. The smallest absolute Gasteiger partial charge is 0.167 e. The van der Waals surface area contributed by atoms with E-state index >= 15 is 0 Å². The van der Waals surface area contributed by atoms with Gasteiger partial charge in [0.05, 0.1) is 12.1 Å². The SMILES string of the molecule is C[C@@H](NC(=S)N[C@H]1c2ccccc2C[C@@H]1O)[C@@H]1C=CC=C1P(c1ccccc1)c1ccccc1. The molecule has 3 N–H and O–H groups in total. The fraction of sp³-hybridized carbons (Fsp3) is 0.207. The maximum absolute atomic E-state index is 10.6. The molecule has 3 aromatic carbocycles. The second-order valence-corrected chi connectivity index (χ2v) is 11.5. The van der Waals surface area contributed by atoms with Crippen molar-refractivity contribution >= 4 is 35.9 Å². The van der Waals surface area contributed by atoms with Gasteiger partial charge in [0.15, 0.2) is 5.11 Å². The lowest BCUT2D eigenvalue weighted by molar-refractivity contribution is 0.150. The molecule has 0 radical (unpaired) electrons. The highest BCUT2D eigenvalue weighted by atomic mass is 32.1. The Morgan fingerprint density at radius 2 is 1.56 bits per heavy atom. The minimum absolute atomic E-state index is 0.108. The largest absolute Gasteiger partial charge is 0.390 e. The van der Waals surface area contributed by atoms with Gasteiger partial charge in [0, 0.05) is 18.4 Å². The third-order valence-electron chi connectivity index (χ3n) is 6.60. The first-order valence-corrected chi connectivity index (χ1v) is 13.5. The number of hydrogen-bond donors (Lipinski definition) is 3. The first-order valence-electron chi connectivity index (χ1n) is 11.7. The molecule has 2 aliphatic rings. The van der Waals surface area contributed by atoms with Crippen LogP contribution in [0.5, 0.6) is 0 Å². The molecule has 0 aliphatic heterocycles. The lowest BCUT2D eigenvalue weighted by Gasteiger charge is -2.30. The van der Waals surface area contributed by atoms with Gasteiger partial charge in [-0.2, -0.15) is 0 Å². The van der Waals surface area contributed by atoms with Gasteiger partial charge < -0.3 is 15.7 Å². The number of benzene rings is 3. The molecule has 34 heavy (non-hydrogen) atoms. The fourth-order valence-electron chi connectivity index (χ4n) is 4.96. The van der Waals surface area contributed by atoms with Crippen LogP contribution in [0.2, 0.25) is 0 Å². The molecule has 0 aromatic heterocycles. The minimum Gasteiger partial charge on any atom is -0.390 e. The summed E-state index contributed by atoms with van der Waals surface area (Å²) < 4.78 is 0. The van der Waals surface area contributed by atoms with Gasteiger partial charge in [-0.3, -0.25) is 0 Å². The van der Waals surface area contributed by atoms with E-state index in [1.54, 1.807) is 0 Å². The van der Waals surface area contributed by atoms with Gasteiger partial charge in [0.25, 0.3) is 0 Å². The van der Waals surface area contributed by atoms with Crippen LogP contribution in [0.1, 0.15) is 24.1 Å². The van der Waals surface area contributed by atoms with E-state index in [2.05, 4.69) is 109 Å². The van der Waals surface area contributed by atoms with Crippen LogP contribution in [0, 0.1) is 5.92 Å². The highest BCUT2D eigenvalue weighted by Crippen LogP contribution is 2.49. The van der Waals surface area contributed by atoms with Crippen molar-refractivity contribution in [3.63, 3.8) is 0 Å². The molecule has 3 aromatic rings. The molecule has 4 atom stereocenters. The monoisotopic (exact) mass is 484 g/mol. The summed E-state index contributed by atoms with van der Waals surface area (Å²) in [7, 11) is -0.649. The molecular weight excluding hydrogens is 455 g/mol. The van der Waals surface area contributed by atoms with Crippen LogP contribution in [0.15, 0.2) is 108 Å². The third-order valence-corrected chi connectivity index (χ3v) is 9.43. The lowest BCUT2D eigenvalue weighted by Crippen LogP contribution is -2.46. The van der Waals surface area contributed by atoms with Gasteiger partial charge in [0.1, 0.15) is 0 Å². The van der Waals surface area contributed by atoms with Crippen molar-refractivity contribution in [3.05, 3.63) is 120 Å². The number of hydrogen-bond acceptors (Lipinski definition) is 2. The molecule has 0 bridgehead atoms. The highest BCUT2D eigenvalue weighted by molar-refractivity contribution is 7.80. The van der Waals surface area contributed by atoms with E-state index in [4.69, 9.17) is 12.2 Å². The normalized spacial score (nSPS) is 21.7. The minimum atomic E-state index is -0.649. The van der Waals surface area contributed by atoms with Gasteiger partial charge >= 0.3 is 0 Å². The Morgan fingerprint density at radius 1 is 0.941 bits per heavy atom. The Morgan fingerprint density at radius 3 is 2.24 bits per heavy atom. The zero-order chi connectivity index (χ0) is 23.5. The Labute approximate surface area is 208 Å². The number of aliphatic hydroxyl groups excluding tert-OH is 1. The number of aliphatic hydroxyl groups is 1. The van der Waals surface area contributed by atoms with E-state index in [1.807, 2.05) is 12.1 Å². The van der Waals surface area contributed by atoms with Crippen LogP contribution in [0.25, 0.3) is 0 Å². The summed E-state index contributed by atoms with van der Waals surface area (Å²) in [5.41, 5.74) is 2.31. The van der Waals surface area contributed by atoms with Gasteiger partial charge in [-0.05, 0) is 54.1 Å². The van der Waals surface area contributed by atoms with E-state index in [9.17, 15) is 5.11 Å². The second kappa shape index (κ2) is 10.2. The molecule has 0 saturated carbocycles. The van der Waals surface area contributed by atoms with Crippen LogP contribution >= 0.6 is 20.1 Å². The van der Waals surface area contributed by atoms with Crippen molar-refractivity contribution < 1.29 is 5.11 Å². The molecule has 0 unspecified atom stereocenters. The van der Waals surface area contributed by atoms with E-state index < -0.39 is 14.0 Å². The zero-order valence-electron chi connectivity index (χ0n) is 19.1. The molecule has 0 fully saturated rings. The van der Waals surface area contributed by atoms with E-state index in [-0.39, 0.29) is 18.0 Å². The summed E-state index contributed by atoms with van der Waals surface area (Å²) in [4.78, 5) is 0. The highest BCUT2D eigenvalue weighted by Gasteiger charge is 2.33. The van der Waals surface area contributed by atoms with Crippen molar-refractivity contribution in [2.75, 3.05) is 0 Å². The average Bonchev–Trinajstić information content (AvgIpc) is 3.45. The second-order valence-electron chi connectivity index (χ2n) is 8.86. The molecule has 5 heteroatoms. The number of nitrogens with one attached hydrogen (secondary N) is 2. The number of allylic oxidation sites excluding steroid dienone is 2. The average molecular weight is 485 g/mol. The first kappa shape index (κ1) is 23.0. The summed E-state index contributed by atoms with van der Waals surface area (Å²) in [6, 6.07) is 29.7.